The summed E-state index contributed by atoms with van der Waals surface area (Å²) in [5, 5.41) is 26.9. The van der Waals surface area contributed by atoms with E-state index in [1.807, 2.05) is 34.9 Å². The molecule has 0 spiro atoms. The van der Waals surface area contributed by atoms with Crippen LogP contribution in [-0.2, 0) is 13.1 Å². The molecule has 0 saturated heterocycles. The van der Waals surface area contributed by atoms with E-state index >= 15 is 0 Å². The second-order valence-electron chi connectivity index (χ2n) is 7.87. The van der Waals surface area contributed by atoms with Crippen LogP contribution in [0.4, 0.5) is 4.79 Å². The van der Waals surface area contributed by atoms with Crippen LogP contribution in [0.15, 0.2) is 36.5 Å². The molecule has 1 aliphatic heterocycles. The lowest BCUT2D eigenvalue weighted by Gasteiger charge is -2.28. The summed E-state index contributed by atoms with van der Waals surface area (Å²) in [5.41, 5.74) is 1.73. The standard InChI is InChI=1S/C21H21ClN6O3/c22-15-5-8-17-14(10-15)11-27(21(29)30)12-18-24-26-20(28(17)18)13-3-6-16(7-4-13)31-19-2-1-9-23-25-19/h1-2,5,8-10,13,16H,3-4,6-7,11-12H2,(H,29,30)/t13-,16+. The number of nitrogens with zero attached hydrogens (tertiary/aromatic N) is 6. The SMILES string of the molecule is O=C(O)N1Cc2cc(Cl)ccc2-n2c(nnc2[C@H]2CC[C@@H](Oc3cccnn3)CC2)C1. The van der Waals surface area contributed by atoms with Crippen LogP contribution in [0, 0.1) is 0 Å². The minimum atomic E-state index is -0.995. The van der Waals surface area contributed by atoms with Crippen LogP contribution in [0.3, 0.4) is 0 Å². The molecule has 3 heterocycles. The average molecular weight is 441 g/mol. The summed E-state index contributed by atoms with van der Waals surface area (Å²) in [6, 6.07) is 9.17. The quantitative estimate of drug-likeness (QED) is 0.659. The van der Waals surface area contributed by atoms with Crippen molar-refractivity contribution < 1.29 is 14.6 Å². The molecule has 1 amide bonds. The first-order valence-electron chi connectivity index (χ1n) is 10.2. The number of rotatable bonds is 3. The smallest absolute Gasteiger partial charge is 0.408 e. The van der Waals surface area contributed by atoms with Crippen LogP contribution in [0.25, 0.3) is 5.69 Å². The normalized spacial score (nSPS) is 20.5. The van der Waals surface area contributed by atoms with E-state index in [0.717, 1.165) is 42.8 Å². The number of ether oxygens (including phenoxy) is 1. The van der Waals surface area contributed by atoms with Gasteiger partial charge in [-0.3, -0.25) is 9.47 Å². The number of benzene rings is 1. The average Bonchev–Trinajstić information content (AvgIpc) is 3.10. The Labute approximate surface area is 183 Å². The zero-order valence-electron chi connectivity index (χ0n) is 16.7. The maximum Gasteiger partial charge on any atom is 0.408 e. The molecule has 0 unspecified atom stereocenters. The lowest BCUT2D eigenvalue weighted by molar-refractivity contribution is 0.137. The second kappa shape index (κ2) is 8.14. The minimum Gasteiger partial charge on any atom is -0.473 e. The Morgan fingerprint density at radius 3 is 2.68 bits per heavy atom. The summed E-state index contributed by atoms with van der Waals surface area (Å²) in [7, 11) is 0. The van der Waals surface area contributed by atoms with Gasteiger partial charge in [-0.25, -0.2) is 4.79 Å². The van der Waals surface area contributed by atoms with Crippen molar-refractivity contribution >= 4 is 17.7 Å². The van der Waals surface area contributed by atoms with Gasteiger partial charge in [0.2, 0.25) is 5.88 Å². The Kier molecular flexibility index (Phi) is 5.19. The summed E-state index contributed by atoms with van der Waals surface area (Å²) in [4.78, 5) is 13.0. The van der Waals surface area contributed by atoms with Crippen LogP contribution < -0.4 is 4.74 Å². The molecular formula is C21H21ClN6O3. The summed E-state index contributed by atoms with van der Waals surface area (Å²) in [6.07, 6.45) is 4.26. The number of aromatic nitrogens is 5. The predicted molar refractivity (Wildman–Crippen MR) is 111 cm³/mol. The number of fused-ring (bicyclic) bond motifs is 3. The third kappa shape index (κ3) is 3.93. The highest BCUT2D eigenvalue weighted by Gasteiger charge is 2.32. The highest BCUT2D eigenvalue weighted by atomic mass is 35.5. The number of hydrogen-bond donors (Lipinski definition) is 1. The Hall–Kier alpha value is -3.20. The first kappa shape index (κ1) is 19.7. The van der Waals surface area contributed by atoms with Gasteiger partial charge >= 0.3 is 6.09 Å². The van der Waals surface area contributed by atoms with Crippen LogP contribution >= 0.6 is 11.6 Å². The number of amides is 1. The lowest BCUT2D eigenvalue weighted by Crippen LogP contribution is -2.28. The van der Waals surface area contributed by atoms with Gasteiger partial charge in [-0.15, -0.1) is 15.3 Å². The molecule has 9 nitrogen and oxygen atoms in total. The molecule has 160 valence electrons. The molecule has 0 radical (unpaired) electrons. The van der Waals surface area contributed by atoms with Crippen LogP contribution in [0.1, 0.15) is 48.8 Å². The molecule has 2 aromatic heterocycles. The van der Waals surface area contributed by atoms with Crippen LogP contribution in [-0.4, -0.2) is 47.2 Å². The fourth-order valence-corrected chi connectivity index (χ4v) is 4.58. The molecular weight excluding hydrogens is 420 g/mol. The minimum absolute atomic E-state index is 0.0908. The van der Waals surface area contributed by atoms with E-state index in [4.69, 9.17) is 16.3 Å². The maximum atomic E-state index is 11.7. The Morgan fingerprint density at radius 2 is 1.94 bits per heavy atom. The molecule has 5 rings (SSSR count). The highest BCUT2D eigenvalue weighted by molar-refractivity contribution is 6.30. The molecule has 3 aromatic rings. The summed E-state index contributed by atoms with van der Waals surface area (Å²) < 4.78 is 7.98. The van der Waals surface area contributed by atoms with Crippen molar-refractivity contribution in [2.45, 2.75) is 50.8 Å². The van der Waals surface area contributed by atoms with Crippen LogP contribution in [0.5, 0.6) is 5.88 Å². The molecule has 1 fully saturated rings. The van der Waals surface area contributed by atoms with Gasteiger partial charge in [-0.05, 0) is 55.5 Å². The van der Waals surface area contributed by atoms with Crippen molar-refractivity contribution in [3.63, 3.8) is 0 Å². The van der Waals surface area contributed by atoms with Gasteiger partial charge in [0.05, 0.1) is 18.8 Å². The number of hydrogen-bond acceptors (Lipinski definition) is 6. The largest absolute Gasteiger partial charge is 0.473 e. The van der Waals surface area contributed by atoms with E-state index in [9.17, 15) is 9.90 Å². The number of carboxylic acid groups (broad SMARTS) is 1. The van der Waals surface area contributed by atoms with Crippen molar-refractivity contribution in [3.8, 4) is 11.6 Å². The lowest BCUT2D eigenvalue weighted by atomic mass is 9.86. The molecule has 1 aromatic carbocycles. The van der Waals surface area contributed by atoms with Gasteiger partial charge in [0.15, 0.2) is 5.82 Å². The molecule has 2 aliphatic rings. The van der Waals surface area contributed by atoms with E-state index in [-0.39, 0.29) is 25.1 Å². The third-order valence-corrected chi connectivity index (χ3v) is 6.11. The number of halogens is 1. The predicted octanol–water partition coefficient (Wildman–Crippen LogP) is 3.81. The zero-order valence-corrected chi connectivity index (χ0v) is 17.4. The third-order valence-electron chi connectivity index (χ3n) is 5.88. The van der Waals surface area contributed by atoms with Gasteiger partial charge in [0.25, 0.3) is 0 Å². The van der Waals surface area contributed by atoms with E-state index in [1.165, 1.54) is 4.90 Å². The van der Waals surface area contributed by atoms with Gasteiger partial charge in [-0.2, -0.15) is 5.10 Å². The summed E-state index contributed by atoms with van der Waals surface area (Å²) in [5.74, 6) is 2.24. The van der Waals surface area contributed by atoms with E-state index < -0.39 is 6.09 Å². The van der Waals surface area contributed by atoms with E-state index in [1.54, 1.807) is 6.20 Å². The highest BCUT2D eigenvalue weighted by Crippen LogP contribution is 2.36. The first-order valence-corrected chi connectivity index (χ1v) is 10.6. The van der Waals surface area contributed by atoms with Crippen LogP contribution in [0.2, 0.25) is 5.02 Å². The molecule has 31 heavy (non-hydrogen) atoms. The van der Waals surface area contributed by atoms with Crippen molar-refractivity contribution in [3.05, 3.63) is 58.8 Å². The zero-order chi connectivity index (χ0) is 21.4. The monoisotopic (exact) mass is 440 g/mol. The Balaban J connectivity index is 1.41. The maximum absolute atomic E-state index is 11.7. The van der Waals surface area contributed by atoms with Gasteiger partial charge < -0.3 is 9.84 Å². The van der Waals surface area contributed by atoms with E-state index in [2.05, 4.69) is 20.4 Å². The Morgan fingerprint density at radius 1 is 1.10 bits per heavy atom. The second-order valence-corrected chi connectivity index (χ2v) is 8.31. The van der Waals surface area contributed by atoms with E-state index in [0.29, 0.717) is 16.7 Å². The molecule has 1 saturated carbocycles. The molecule has 1 N–H and O–H groups in total. The Bertz CT molecular complexity index is 1100. The topological polar surface area (TPSA) is 106 Å². The number of carbonyl (C=O) groups is 1. The molecule has 10 heteroatoms. The van der Waals surface area contributed by atoms with Crippen molar-refractivity contribution in [2.75, 3.05) is 0 Å². The molecule has 0 bridgehead atoms. The van der Waals surface area contributed by atoms with Gasteiger partial charge in [0.1, 0.15) is 11.9 Å². The van der Waals surface area contributed by atoms with Crippen molar-refractivity contribution in [1.29, 1.82) is 0 Å². The fourth-order valence-electron chi connectivity index (χ4n) is 4.39. The summed E-state index contributed by atoms with van der Waals surface area (Å²) in [6.45, 7) is 0.437. The molecule has 1 aliphatic carbocycles. The van der Waals surface area contributed by atoms with Gasteiger partial charge in [0, 0.05) is 23.2 Å². The fraction of sp³-hybridized carbons (Fsp3) is 0.381. The summed E-state index contributed by atoms with van der Waals surface area (Å²) >= 11 is 6.20. The van der Waals surface area contributed by atoms with Crippen molar-refractivity contribution in [2.24, 2.45) is 0 Å². The first-order chi connectivity index (χ1) is 15.1. The van der Waals surface area contributed by atoms with Crippen molar-refractivity contribution in [1.82, 2.24) is 29.9 Å². The molecule has 0 atom stereocenters. The van der Waals surface area contributed by atoms with Gasteiger partial charge in [-0.1, -0.05) is 11.6 Å².